The van der Waals surface area contributed by atoms with E-state index in [0.29, 0.717) is 11.7 Å². The van der Waals surface area contributed by atoms with Gasteiger partial charge in [0.2, 0.25) is 0 Å². The average Bonchev–Trinajstić information content (AvgIpc) is 2.67. The third-order valence-corrected chi connectivity index (χ3v) is 5.84. The standard InChI is InChI=1S/C23H28BrN3O2/c1-5-27-21-11-6-17(12-20(21)16(2)13-23(27,3)4)14-25-26-22(28)15-29-19-9-7-18(24)8-10-19/h6-12,14,16H,5,13,15H2,1-4H3,(H,26,28)/b25-14+. The molecule has 0 aliphatic carbocycles. The molecule has 1 amide bonds. The number of amides is 1. The van der Waals surface area contributed by atoms with E-state index in [-0.39, 0.29) is 18.1 Å². The fourth-order valence-electron chi connectivity index (χ4n) is 4.08. The van der Waals surface area contributed by atoms with Crippen LogP contribution in [0.5, 0.6) is 5.75 Å². The Balaban J connectivity index is 1.60. The summed E-state index contributed by atoms with van der Waals surface area (Å²) in [4.78, 5) is 14.4. The Bertz CT molecular complexity index is 893. The lowest BCUT2D eigenvalue weighted by Crippen LogP contribution is -2.48. The second-order valence-corrected chi connectivity index (χ2v) is 8.93. The molecule has 29 heavy (non-hydrogen) atoms. The number of hydrogen-bond donors (Lipinski definition) is 1. The van der Waals surface area contributed by atoms with Gasteiger partial charge in [0.05, 0.1) is 6.21 Å². The summed E-state index contributed by atoms with van der Waals surface area (Å²) in [6.45, 7) is 9.97. The zero-order chi connectivity index (χ0) is 21.0. The largest absolute Gasteiger partial charge is 0.484 e. The van der Waals surface area contributed by atoms with Crippen molar-refractivity contribution in [3.05, 3.63) is 58.1 Å². The minimum atomic E-state index is -0.297. The van der Waals surface area contributed by atoms with Crippen LogP contribution in [0.1, 0.15) is 51.2 Å². The molecule has 1 heterocycles. The number of halogens is 1. The maximum absolute atomic E-state index is 11.9. The predicted molar refractivity (Wildman–Crippen MR) is 122 cm³/mol. The number of hydrazone groups is 1. The van der Waals surface area contributed by atoms with E-state index in [1.54, 1.807) is 18.3 Å². The Morgan fingerprint density at radius 3 is 2.72 bits per heavy atom. The van der Waals surface area contributed by atoms with Crippen LogP contribution in [0.2, 0.25) is 0 Å². The number of carbonyl (C=O) groups is 1. The lowest BCUT2D eigenvalue weighted by molar-refractivity contribution is -0.123. The van der Waals surface area contributed by atoms with Crippen LogP contribution >= 0.6 is 15.9 Å². The molecule has 2 aromatic carbocycles. The molecule has 0 spiro atoms. The van der Waals surface area contributed by atoms with Gasteiger partial charge in [-0.25, -0.2) is 5.43 Å². The van der Waals surface area contributed by atoms with Crippen LogP contribution in [-0.2, 0) is 4.79 Å². The van der Waals surface area contributed by atoms with Crippen molar-refractivity contribution in [1.29, 1.82) is 0 Å². The van der Waals surface area contributed by atoms with Crippen molar-refractivity contribution in [3.8, 4) is 5.75 Å². The molecule has 6 heteroatoms. The molecule has 0 radical (unpaired) electrons. The van der Waals surface area contributed by atoms with Crippen LogP contribution in [0.3, 0.4) is 0 Å². The topological polar surface area (TPSA) is 53.9 Å². The number of benzene rings is 2. The predicted octanol–water partition coefficient (Wildman–Crippen LogP) is 5.09. The lowest BCUT2D eigenvalue weighted by Gasteiger charge is -2.47. The molecule has 0 fully saturated rings. The highest BCUT2D eigenvalue weighted by molar-refractivity contribution is 9.10. The number of nitrogens with zero attached hydrogens (tertiary/aromatic N) is 2. The molecule has 2 aromatic rings. The molecule has 0 saturated heterocycles. The van der Waals surface area contributed by atoms with Gasteiger partial charge in [-0.3, -0.25) is 4.79 Å². The molecule has 0 saturated carbocycles. The summed E-state index contributed by atoms with van der Waals surface area (Å²) >= 11 is 3.36. The van der Waals surface area contributed by atoms with Crippen LogP contribution in [0.15, 0.2) is 52.0 Å². The Morgan fingerprint density at radius 1 is 1.31 bits per heavy atom. The first-order valence-electron chi connectivity index (χ1n) is 9.92. The smallest absolute Gasteiger partial charge is 0.277 e. The van der Waals surface area contributed by atoms with Crippen LogP contribution < -0.4 is 15.1 Å². The molecule has 1 unspecified atom stereocenters. The first-order chi connectivity index (χ1) is 13.8. The second kappa shape index (κ2) is 8.99. The molecule has 0 bridgehead atoms. The first-order valence-corrected chi connectivity index (χ1v) is 10.7. The van der Waals surface area contributed by atoms with Gasteiger partial charge in [0.1, 0.15) is 5.75 Å². The number of anilines is 1. The van der Waals surface area contributed by atoms with Crippen molar-refractivity contribution >= 4 is 33.7 Å². The van der Waals surface area contributed by atoms with Crippen molar-refractivity contribution in [2.45, 2.75) is 45.6 Å². The van der Waals surface area contributed by atoms with Crippen LogP contribution in [-0.4, -0.2) is 30.8 Å². The molecule has 5 nitrogen and oxygen atoms in total. The molecule has 1 aliphatic heterocycles. The fourth-order valence-corrected chi connectivity index (χ4v) is 4.34. The molecular formula is C23H28BrN3O2. The third kappa shape index (κ3) is 5.18. The number of nitrogens with one attached hydrogen (secondary N) is 1. The normalized spacial score (nSPS) is 17.8. The Labute approximate surface area is 181 Å². The summed E-state index contributed by atoms with van der Waals surface area (Å²) in [5.74, 6) is 0.818. The number of rotatable bonds is 6. The van der Waals surface area contributed by atoms with E-state index in [2.05, 4.69) is 71.2 Å². The number of fused-ring (bicyclic) bond motifs is 1. The minimum Gasteiger partial charge on any atom is -0.484 e. The third-order valence-electron chi connectivity index (χ3n) is 5.31. The van der Waals surface area contributed by atoms with E-state index < -0.39 is 0 Å². The second-order valence-electron chi connectivity index (χ2n) is 8.02. The summed E-state index contributed by atoms with van der Waals surface area (Å²) in [5, 5.41) is 4.08. The number of ether oxygens (including phenoxy) is 1. The molecule has 1 aliphatic rings. The zero-order valence-corrected chi connectivity index (χ0v) is 19.0. The van der Waals surface area contributed by atoms with Gasteiger partial charge in [-0.15, -0.1) is 0 Å². The van der Waals surface area contributed by atoms with E-state index in [9.17, 15) is 4.79 Å². The molecule has 1 N–H and O–H groups in total. The quantitative estimate of drug-likeness (QED) is 0.485. The van der Waals surface area contributed by atoms with E-state index in [1.165, 1.54) is 11.3 Å². The van der Waals surface area contributed by atoms with E-state index in [4.69, 9.17) is 4.74 Å². The minimum absolute atomic E-state index is 0.0826. The van der Waals surface area contributed by atoms with Gasteiger partial charge >= 0.3 is 0 Å². The highest BCUT2D eigenvalue weighted by Crippen LogP contribution is 2.43. The summed E-state index contributed by atoms with van der Waals surface area (Å²) in [6, 6.07) is 13.7. The van der Waals surface area contributed by atoms with E-state index in [1.807, 2.05) is 18.2 Å². The molecule has 0 aromatic heterocycles. The Morgan fingerprint density at radius 2 is 2.03 bits per heavy atom. The van der Waals surface area contributed by atoms with E-state index in [0.717, 1.165) is 23.0 Å². The fraction of sp³-hybridized carbons (Fsp3) is 0.391. The van der Waals surface area contributed by atoms with Gasteiger partial charge in [-0.05, 0) is 80.6 Å². The van der Waals surface area contributed by atoms with E-state index >= 15 is 0 Å². The van der Waals surface area contributed by atoms with Crippen molar-refractivity contribution < 1.29 is 9.53 Å². The van der Waals surface area contributed by atoms with Crippen LogP contribution in [0.25, 0.3) is 0 Å². The van der Waals surface area contributed by atoms with Crippen LogP contribution in [0, 0.1) is 0 Å². The molecule has 3 rings (SSSR count). The first kappa shape index (κ1) is 21.4. The maximum Gasteiger partial charge on any atom is 0.277 e. The van der Waals surface area contributed by atoms with Crippen molar-refractivity contribution in [2.75, 3.05) is 18.1 Å². The van der Waals surface area contributed by atoms with Gasteiger partial charge in [0, 0.05) is 22.2 Å². The van der Waals surface area contributed by atoms with Crippen molar-refractivity contribution in [1.82, 2.24) is 5.43 Å². The molecule has 154 valence electrons. The molecule has 1 atom stereocenters. The van der Waals surface area contributed by atoms with Gasteiger partial charge in [-0.1, -0.05) is 28.9 Å². The maximum atomic E-state index is 11.9. The zero-order valence-electron chi connectivity index (χ0n) is 17.4. The van der Waals surface area contributed by atoms with Crippen molar-refractivity contribution in [3.63, 3.8) is 0 Å². The van der Waals surface area contributed by atoms with Gasteiger partial charge in [0.15, 0.2) is 6.61 Å². The van der Waals surface area contributed by atoms with Crippen LogP contribution in [0.4, 0.5) is 5.69 Å². The lowest BCUT2D eigenvalue weighted by atomic mass is 9.79. The summed E-state index contributed by atoms with van der Waals surface area (Å²) in [5.41, 5.74) is 6.27. The van der Waals surface area contributed by atoms with Gasteiger partial charge in [0.25, 0.3) is 5.91 Å². The summed E-state index contributed by atoms with van der Waals surface area (Å²) in [6.07, 6.45) is 2.79. The molecular weight excluding hydrogens is 430 g/mol. The highest BCUT2D eigenvalue weighted by Gasteiger charge is 2.35. The number of hydrogen-bond acceptors (Lipinski definition) is 4. The van der Waals surface area contributed by atoms with Crippen molar-refractivity contribution in [2.24, 2.45) is 5.10 Å². The monoisotopic (exact) mass is 457 g/mol. The SMILES string of the molecule is CCN1c2ccc(/C=N/NC(=O)COc3ccc(Br)cc3)cc2C(C)CC1(C)C. The Kier molecular flexibility index (Phi) is 6.63. The number of carbonyl (C=O) groups excluding carboxylic acids is 1. The Hall–Kier alpha value is -2.34. The average molecular weight is 458 g/mol. The highest BCUT2D eigenvalue weighted by atomic mass is 79.9. The summed E-state index contributed by atoms with van der Waals surface area (Å²) in [7, 11) is 0. The summed E-state index contributed by atoms with van der Waals surface area (Å²) < 4.78 is 6.41. The van der Waals surface area contributed by atoms with Gasteiger partial charge in [-0.2, -0.15) is 5.10 Å². The van der Waals surface area contributed by atoms with Gasteiger partial charge < -0.3 is 9.64 Å².